The minimum atomic E-state index is -0.417. The average Bonchev–Trinajstić information content (AvgIpc) is 2.82. The van der Waals surface area contributed by atoms with Crippen molar-refractivity contribution >= 4 is 16.8 Å². The second kappa shape index (κ2) is 9.53. The van der Waals surface area contributed by atoms with E-state index in [2.05, 4.69) is 17.0 Å². The molecular formula is C25H30N4O3. The molecule has 7 nitrogen and oxygen atoms in total. The molecule has 0 spiro atoms. The standard InChI is InChI=1S/C25H30N4O3/c1-3-19(2)29-24(31)21-11-7-8-12-22(21)28(25(29)32)18-23(30)27-15-13-26(14-16-27)17-20-9-5-4-6-10-20/h4-12,19H,3,13-18H2,1-2H3/t19-/m1/s1. The molecule has 168 valence electrons. The van der Waals surface area contributed by atoms with Crippen molar-refractivity contribution in [3.8, 4) is 0 Å². The summed E-state index contributed by atoms with van der Waals surface area (Å²) in [6.45, 7) is 7.45. The van der Waals surface area contributed by atoms with Gasteiger partial charge in [-0.05, 0) is 31.0 Å². The van der Waals surface area contributed by atoms with Crippen LogP contribution >= 0.6 is 0 Å². The van der Waals surface area contributed by atoms with Crippen molar-refractivity contribution in [2.75, 3.05) is 26.2 Å². The van der Waals surface area contributed by atoms with E-state index < -0.39 is 5.69 Å². The summed E-state index contributed by atoms with van der Waals surface area (Å²) in [6, 6.07) is 17.1. The van der Waals surface area contributed by atoms with E-state index in [4.69, 9.17) is 0 Å². The number of aromatic nitrogens is 2. The average molecular weight is 435 g/mol. The van der Waals surface area contributed by atoms with Gasteiger partial charge >= 0.3 is 5.69 Å². The van der Waals surface area contributed by atoms with Crippen LogP contribution in [0.3, 0.4) is 0 Å². The molecule has 0 unspecified atom stereocenters. The van der Waals surface area contributed by atoms with E-state index in [1.807, 2.05) is 36.9 Å². The highest BCUT2D eigenvalue weighted by molar-refractivity contribution is 5.81. The summed E-state index contributed by atoms with van der Waals surface area (Å²) in [5.41, 5.74) is 1.06. The van der Waals surface area contributed by atoms with Crippen molar-refractivity contribution in [3.05, 3.63) is 81.0 Å². The van der Waals surface area contributed by atoms with Gasteiger partial charge in [-0.2, -0.15) is 0 Å². The zero-order valence-electron chi connectivity index (χ0n) is 18.7. The number of hydrogen-bond donors (Lipinski definition) is 0. The molecule has 4 rings (SSSR count). The topological polar surface area (TPSA) is 67.6 Å². The number of para-hydroxylation sites is 1. The molecule has 1 aliphatic heterocycles. The van der Waals surface area contributed by atoms with Crippen molar-refractivity contribution < 1.29 is 4.79 Å². The van der Waals surface area contributed by atoms with Gasteiger partial charge in [-0.25, -0.2) is 4.79 Å². The Morgan fingerprint density at radius 1 is 0.938 bits per heavy atom. The molecule has 1 atom stereocenters. The first-order chi connectivity index (χ1) is 15.5. The fourth-order valence-electron chi connectivity index (χ4n) is 4.30. The Bertz CT molecular complexity index is 1210. The van der Waals surface area contributed by atoms with E-state index in [0.717, 1.165) is 19.6 Å². The highest BCUT2D eigenvalue weighted by Gasteiger charge is 2.24. The maximum atomic E-state index is 13.2. The lowest BCUT2D eigenvalue weighted by atomic mass is 10.2. The van der Waals surface area contributed by atoms with Crippen LogP contribution in [-0.2, 0) is 17.9 Å². The van der Waals surface area contributed by atoms with E-state index in [-0.39, 0.29) is 24.1 Å². The second-order valence-corrected chi connectivity index (χ2v) is 8.46. The number of benzene rings is 2. The van der Waals surface area contributed by atoms with Crippen molar-refractivity contribution in [3.63, 3.8) is 0 Å². The first-order valence-corrected chi connectivity index (χ1v) is 11.3. The number of fused-ring (bicyclic) bond motifs is 1. The van der Waals surface area contributed by atoms with Crippen LogP contribution in [0, 0.1) is 0 Å². The number of carbonyl (C=O) groups is 1. The van der Waals surface area contributed by atoms with Gasteiger partial charge in [0.15, 0.2) is 0 Å². The van der Waals surface area contributed by atoms with Gasteiger partial charge in [-0.15, -0.1) is 0 Å². The van der Waals surface area contributed by atoms with Crippen molar-refractivity contribution in [1.29, 1.82) is 0 Å². The first kappa shape index (κ1) is 22.0. The molecule has 1 saturated heterocycles. The minimum Gasteiger partial charge on any atom is -0.339 e. The Balaban J connectivity index is 1.53. The van der Waals surface area contributed by atoms with Gasteiger partial charge in [0.05, 0.1) is 10.9 Å². The summed E-state index contributed by atoms with van der Waals surface area (Å²) in [6.07, 6.45) is 0.658. The maximum absolute atomic E-state index is 13.2. The van der Waals surface area contributed by atoms with Crippen LogP contribution in [0.2, 0.25) is 0 Å². The SMILES string of the molecule is CC[C@@H](C)n1c(=O)c2ccccc2n(CC(=O)N2CCN(Cc3ccccc3)CC2)c1=O. The van der Waals surface area contributed by atoms with Gasteiger partial charge in [0.25, 0.3) is 5.56 Å². The number of nitrogens with zero attached hydrogens (tertiary/aromatic N) is 4. The van der Waals surface area contributed by atoms with E-state index in [1.165, 1.54) is 14.7 Å². The fourth-order valence-corrected chi connectivity index (χ4v) is 4.30. The van der Waals surface area contributed by atoms with Crippen LogP contribution in [0.5, 0.6) is 0 Å². The molecule has 0 bridgehead atoms. The predicted octanol–water partition coefficient (Wildman–Crippen LogP) is 2.48. The van der Waals surface area contributed by atoms with Gasteiger partial charge in [0.1, 0.15) is 6.54 Å². The predicted molar refractivity (Wildman–Crippen MR) is 126 cm³/mol. The first-order valence-electron chi connectivity index (χ1n) is 11.3. The molecule has 1 amide bonds. The van der Waals surface area contributed by atoms with E-state index >= 15 is 0 Å². The van der Waals surface area contributed by atoms with Crippen LogP contribution < -0.4 is 11.2 Å². The Hall–Kier alpha value is -3.19. The Morgan fingerprint density at radius 3 is 2.28 bits per heavy atom. The van der Waals surface area contributed by atoms with Crippen LogP contribution in [0.15, 0.2) is 64.2 Å². The van der Waals surface area contributed by atoms with Crippen molar-refractivity contribution in [2.45, 2.75) is 39.4 Å². The molecule has 0 radical (unpaired) electrons. The molecule has 1 aliphatic rings. The molecule has 2 heterocycles. The number of piperazine rings is 1. The number of hydrogen-bond acceptors (Lipinski definition) is 4. The van der Waals surface area contributed by atoms with Crippen LogP contribution in [0.1, 0.15) is 31.9 Å². The van der Waals surface area contributed by atoms with Crippen LogP contribution in [0.25, 0.3) is 10.9 Å². The molecule has 3 aromatic rings. The third-order valence-electron chi connectivity index (χ3n) is 6.38. The largest absolute Gasteiger partial charge is 0.339 e. The Labute approximate surface area is 187 Å². The Kier molecular flexibility index (Phi) is 6.55. The minimum absolute atomic E-state index is 0.0608. The van der Waals surface area contributed by atoms with Gasteiger partial charge in [-0.3, -0.25) is 23.6 Å². The molecular weight excluding hydrogens is 404 g/mol. The fraction of sp³-hybridized carbons (Fsp3) is 0.400. The van der Waals surface area contributed by atoms with Gasteiger partial charge in [-0.1, -0.05) is 49.4 Å². The summed E-state index contributed by atoms with van der Waals surface area (Å²) in [7, 11) is 0. The summed E-state index contributed by atoms with van der Waals surface area (Å²) >= 11 is 0. The Morgan fingerprint density at radius 2 is 1.59 bits per heavy atom. The zero-order valence-corrected chi connectivity index (χ0v) is 18.7. The second-order valence-electron chi connectivity index (χ2n) is 8.46. The normalized spacial score (nSPS) is 15.8. The highest BCUT2D eigenvalue weighted by atomic mass is 16.2. The third kappa shape index (κ3) is 4.39. The molecule has 32 heavy (non-hydrogen) atoms. The lowest BCUT2D eigenvalue weighted by molar-refractivity contribution is -0.133. The van der Waals surface area contributed by atoms with E-state index in [9.17, 15) is 14.4 Å². The smallest absolute Gasteiger partial charge is 0.332 e. The lowest BCUT2D eigenvalue weighted by Gasteiger charge is -2.35. The number of carbonyl (C=O) groups excluding carboxylic acids is 1. The van der Waals surface area contributed by atoms with Crippen LogP contribution in [0.4, 0.5) is 0 Å². The number of amides is 1. The molecule has 0 aliphatic carbocycles. The van der Waals surface area contributed by atoms with E-state index in [1.54, 1.807) is 24.3 Å². The van der Waals surface area contributed by atoms with Crippen molar-refractivity contribution in [1.82, 2.24) is 18.9 Å². The summed E-state index contributed by atoms with van der Waals surface area (Å²) in [5, 5.41) is 0.466. The molecule has 1 aromatic heterocycles. The summed E-state index contributed by atoms with van der Waals surface area (Å²) in [5.74, 6) is -0.0917. The quantitative estimate of drug-likeness (QED) is 0.598. The summed E-state index contributed by atoms with van der Waals surface area (Å²) < 4.78 is 2.75. The maximum Gasteiger partial charge on any atom is 0.332 e. The monoisotopic (exact) mass is 434 g/mol. The molecule has 7 heteroatoms. The third-order valence-corrected chi connectivity index (χ3v) is 6.38. The lowest BCUT2D eigenvalue weighted by Crippen LogP contribution is -2.50. The van der Waals surface area contributed by atoms with Gasteiger partial charge in [0, 0.05) is 38.8 Å². The molecule has 0 saturated carbocycles. The molecule has 2 aromatic carbocycles. The van der Waals surface area contributed by atoms with Crippen molar-refractivity contribution in [2.24, 2.45) is 0 Å². The zero-order chi connectivity index (χ0) is 22.7. The van der Waals surface area contributed by atoms with E-state index in [0.29, 0.717) is 30.4 Å². The molecule has 1 fully saturated rings. The summed E-state index contributed by atoms with van der Waals surface area (Å²) in [4.78, 5) is 43.4. The van der Waals surface area contributed by atoms with Gasteiger partial charge < -0.3 is 4.90 Å². The number of rotatable bonds is 6. The molecule has 0 N–H and O–H groups in total. The highest BCUT2D eigenvalue weighted by Crippen LogP contribution is 2.13. The van der Waals surface area contributed by atoms with Gasteiger partial charge in [0.2, 0.25) is 5.91 Å². The van der Waals surface area contributed by atoms with Crippen LogP contribution in [-0.4, -0.2) is 51.0 Å².